The highest BCUT2D eigenvalue weighted by Crippen LogP contribution is 2.30. The van der Waals surface area contributed by atoms with Crippen molar-refractivity contribution in [3.05, 3.63) is 40.0 Å². The third-order valence-electron chi connectivity index (χ3n) is 5.32. The number of amides is 1. The first-order valence-corrected chi connectivity index (χ1v) is 10.2. The number of rotatable bonds is 5. The molecule has 7 nitrogen and oxygen atoms in total. The topological polar surface area (TPSA) is 102 Å². The van der Waals surface area contributed by atoms with E-state index in [1.807, 2.05) is 18.7 Å². The van der Waals surface area contributed by atoms with Crippen LogP contribution in [0.25, 0.3) is 0 Å². The maximum absolute atomic E-state index is 12.6. The number of anilines is 2. The number of hydrogen-bond acceptors (Lipinski definition) is 6. The molecule has 0 unspecified atom stereocenters. The van der Waals surface area contributed by atoms with Gasteiger partial charge in [0.1, 0.15) is 17.4 Å². The minimum absolute atomic E-state index is 0.0165. The van der Waals surface area contributed by atoms with Crippen molar-refractivity contribution in [2.75, 3.05) is 23.3 Å². The summed E-state index contributed by atoms with van der Waals surface area (Å²) < 4.78 is 0. The second-order valence-electron chi connectivity index (χ2n) is 7.05. The van der Waals surface area contributed by atoms with Gasteiger partial charge in [-0.1, -0.05) is 25.4 Å². The Balaban J connectivity index is 1.70. The van der Waals surface area contributed by atoms with E-state index in [2.05, 4.69) is 21.6 Å². The average Bonchev–Trinajstić information content (AvgIpc) is 2.75. The van der Waals surface area contributed by atoms with Crippen LogP contribution in [0.5, 0.6) is 5.75 Å². The smallest absolute Gasteiger partial charge is 0.227 e. The Bertz CT molecular complexity index is 949. The van der Waals surface area contributed by atoms with E-state index in [4.69, 9.17) is 11.6 Å². The number of nitrogens with one attached hydrogen (secondary N) is 1. The SMILES string of the molecule is CCc1nnc(N2CCC(C(=O)Nc3cc(Cl)ccc3O)CC2)c(C#N)c1CC. The summed E-state index contributed by atoms with van der Waals surface area (Å²) in [5.41, 5.74) is 2.72. The van der Waals surface area contributed by atoms with E-state index in [-0.39, 0.29) is 17.6 Å². The second kappa shape index (κ2) is 9.10. The highest BCUT2D eigenvalue weighted by molar-refractivity contribution is 6.31. The minimum atomic E-state index is -0.191. The largest absolute Gasteiger partial charge is 0.506 e. The van der Waals surface area contributed by atoms with Gasteiger partial charge in [-0.3, -0.25) is 4.79 Å². The number of aromatic nitrogens is 2. The van der Waals surface area contributed by atoms with Crippen molar-refractivity contribution in [2.24, 2.45) is 5.92 Å². The van der Waals surface area contributed by atoms with Gasteiger partial charge in [-0.05, 0) is 49.4 Å². The van der Waals surface area contributed by atoms with Gasteiger partial charge in [0.2, 0.25) is 5.91 Å². The van der Waals surface area contributed by atoms with Crippen molar-refractivity contribution in [3.63, 3.8) is 0 Å². The van der Waals surface area contributed by atoms with Crippen LogP contribution in [-0.4, -0.2) is 34.3 Å². The fraction of sp³-hybridized carbons (Fsp3) is 0.429. The molecule has 0 radical (unpaired) electrons. The quantitative estimate of drug-likeness (QED) is 0.725. The number of carbonyl (C=O) groups is 1. The van der Waals surface area contributed by atoms with Crippen LogP contribution < -0.4 is 10.2 Å². The zero-order valence-corrected chi connectivity index (χ0v) is 17.3. The molecule has 1 aromatic carbocycles. The molecule has 1 amide bonds. The number of phenolic OH excluding ortho intramolecular Hbond substituents is 1. The molecule has 3 rings (SSSR count). The monoisotopic (exact) mass is 413 g/mol. The third kappa shape index (κ3) is 4.43. The number of phenols is 1. The fourth-order valence-corrected chi connectivity index (χ4v) is 3.87. The molecule has 0 spiro atoms. The van der Waals surface area contributed by atoms with Gasteiger partial charge in [-0.25, -0.2) is 0 Å². The summed E-state index contributed by atoms with van der Waals surface area (Å²) in [6.07, 6.45) is 2.72. The zero-order valence-electron chi connectivity index (χ0n) is 16.6. The van der Waals surface area contributed by atoms with E-state index in [0.29, 0.717) is 48.0 Å². The van der Waals surface area contributed by atoms with E-state index in [9.17, 15) is 15.2 Å². The van der Waals surface area contributed by atoms with Crippen molar-refractivity contribution in [1.29, 1.82) is 5.26 Å². The van der Waals surface area contributed by atoms with Gasteiger partial charge in [0.05, 0.1) is 11.4 Å². The molecule has 0 bridgehead atoms. The summed E-state index contributed by atoms with van der Waals surface area (Å²) in [5, 5.41) is 31.4. The number of halogens is 1. The third-order valence-corrected chi connectivity index (χ3v) is 5.56. The number of hydrogen-bond donors (Lipinski definition) is 2. The Morgan fingerprint density at radius 2 is 2.03 bits per heavy atom. The van der Waals surface area contributed by atoms with Crippen LogP contribution in [0.3, 0.4) is 0 Å². The Morgan fingerprint density at radius 3 is 2.66 bits per heavy atom. The molecule has 1 aliphatic rings. The normalized spacial score (nSPS) is 14.5. The van der Waals surface area contributed by atoms with Gasteiger partial charge >= 0.3 is 0 Å². The highest BCUT2D eigenvalue weighted by Gasteiger charge is 2.28. The van der Waals surface area contributed by atoms with Gasteiger partial charge in [-0.2, -0.15) is 10.4 Å². The molecule has 1 fully saturated rings. The number of aryl methyl sites for hydroxylation is 1. The first kappa shape index (κ1) is 20.9. The van der Waals surface area contributed by atoms with Crippen molar-refractivity contribution in [3.8, 4) is 11.8 Å². The van der Waals surface area contributed by atoms with E-state index >= 15 is 0 Å². The lowest BCUT2D eigenvalue weighted by atomic mass is 9.95. The standard InChI is InChI=1S/C21H24ClN5O2/c1-3-15-16(12-23)20(26-25-17(15)4-2)27-9-7-13(8-10-27)21(29)24-18-11-14(22)5-6-19(18)28/h5-6,11,13,28H,3-4,7-10H2,1-2H3,(H,24,29). The van der Waals surface area contributed by atoms with Crippen LogP contribution in [0.4, 0.5) is 11.5 Å². The molecule has 0 atom stereocenters. The number of nitrogens with zero attached hydrogens (tertiary/aromatic N) is 4. The van der Waals surface area contributed by atoms with E-state index < -0.39 is 0 Å². The Hall–Kier alpha value is -2.85. The zero-order chi connectivity index (χ0) is 21.0. The van der Waals surface area contributed by atoms with Crippen LogP contribution in [0.15, 0.2) is 18.2 Å². The molecule has 0 saturated carbocycles. The number of benzene rings is 1. The van der Waals surface area contributed by atoms with Gasteiger partial charge in [0.25, 0.3) is 0 Å². The van der Waals surface area contributed by atoms with Crippen molar-refractivity contribution < 1.29 is 9.90 Å². The number of piperidine rings is 1. The molecule has 1 aromatic heterocycles. The minimum Gasteiger partial charge on any atom is -0.506 e. The lowest BCUT2D eigenvalue weighted by molar-refractivity contribution is -0.120. The Labute approximate surface area is 175 Å². The van der Waals surface area contributed by atoms with Crippen LogP contribution in [-0.2, 0) is 17.6 Å². The summed E-state index contributed by atoms with van der Waals surface area (Å²) in [5.74, 6) is 0.248. The van der Waals surface area contributed by atoms with Gasteiger partial charge < -0.3 is 15.3 Å². The number of carbonyl (C=O) groups excluding carboxylic acids is 1. The first-order valence-electron chi connectivity index (χ1n) is 9.81. The van der Waals surface area contributed by atoms with Gasteiger partial charge in [0, 0.05) is 24.0 Å². The summed E-state index contributed by atoms with van der Waals surface area (Å²) in [7, 11) is 0. The van der Waals surface area contributed by atoms with Crippen molar-refractivity contribution in [1.82, 2.24) is 10.2 Å². The van der Waals surface area contributed by atoms with Crippen LogP contribution in [0.1, 0.15) is 43.5 Å². The molecule has 2 N–H and O–H groups in total. The fourth-order valence-electron chi connectivity index (χ4n) is 3.70. The Kier molecular flexibility index (Phi) is 6.55. The Morgan fingerprint density at radius 1 is 1.31 bits per heavy atom. The molecule has 0 aliphatic carbocycles. The second-order valence-corrected chi connectivity index (χ2v) is 7.49. The molecule has 2 aromatic rings. The first-order chi connectivity index (χ1) is 14.0. The maximum atomic E-state index is 12.6. The highest BCUT2D eigenvalue weighted by atomic mass is 35.5. The molecule has 29 heavy (non-hydrogen) atoms. The molecule has 1 aliphatic heterocycles. The van der Waals surface area contributed by atoms with Crippen LogP contribution in [0.2, 0.25) is 5.02 Å². The van der Waals surface area contributed by atoms with E-state index in [1.165, 1.54) is 12.1 Å². The maximum Gasteiger partial charge on any atom is 0.227 e. The number of nitriles is 1. The molecule has 1 saturated heterocycles. The summed E-state index contributed by atoms with van der Waals surface area (Å²) in [6, 6.07) is 6.84. The van der Waals surface area contributed by atoms with Crippen molar-refractivity contribution >= 4 is 29.0 Å². The lowest BCUT2D eigenvalue weighted by Crippen LogP contribution is -2.39. The molecular weight excluding hydrogens is 390 g/mol. The predicted octanol–water partition coefficient (Wildman–Crippen LogP) is 3.69. The van der Waals surface area contributed by atoms with E-state index in [0.717, 1.165) is 24.1 Å². The molecule has 152 valence electrons. The van der Waals surface area contributed by atoms with Gasteiger partial charge in [-0.15, -0.1) is 5.10 Å². The number of aromatic hydroxyl groups is 1. The summed E-state index contributed by atoms with van der Waals surface area (Å²) in [6.45, 7) is 5.24. The molecular formula is C21H24ClN5O2. The summed E-state index contributed by atoms with van der Waals surface area (Å²) in [4.78, 5) is 14.6. The molecule has 8 heteroatoms. The van der Waals surface area contributed by atoms with Gasteiger partial charge in [0.15, 0.2) is 5.82 Å². The predicted molar refractivity (Wildman–Crippen MR) is 112 cm³/mol. The average molecular weight is 414 g/mol. The van der Waals surface area contributed by atoms with E-state index in [1.54, 1.807) is 6.07 Å². The summed E-state index contributed by atoms with van der Waals surface area (Å²) >= 11 is 5.94. The molecule has 2 heterocycles. The van der Waals surface area contributed by atoms with Crippen LogP contribution >= 0.6 is 11.6 Å². The van der Waals surface area contributed by atoms with Crippen LogP contribution in [0, 0.1) is 17.2 Å². The van der Waals surface area contributed by atoms with Crippen molar-refractivity contribution in [2.45, 2.75) is 39.5 Å². The lowest BCUT2D eigenvalue weighted by Gasteiger charge is -2.32.